The highest BCUT2D eigenvalue weighted by molar-refractivity contribution is 7.89. The first-order chi connectivity index (χ1) is 15.2. The molecule has 1 saturated heterocycles. The second kappa shape index (κ2) is 8.44. The molecule has 0 bridgehead atoms. The molecule has 2 aromatic rings. The SMILES string of the molecule is CC(=O)c1cccc(S(=O)(=O)N2CCC(C(=O)N3CCc4ccc([N+](=O)[O-])cc43)CC2)c1. The van der Waals surface area contributed by atoms with Crippen molar-refractivity contribution in [1.82, 2.24) is 4.31 Å². The average Bonchev–Trinajstić information content (AvgIpc) is 3.22. The molecule has 0 saturated carbocycles. The molecule has 32 heavy (non-hydrogen) atoms. The monoisotopic (exact) mass is 457 g/mol. The molecule has 1 amide bonds. The van der Waals surface area contributed by atoms with Gasteiger partial charge in [0, 0.05) is 43.2 Å². The maximum atomic E-state index is 13.1. The summed E-state index contributed by atoms with van der Waals surface area (Å²) in [6.45, 7) is 2.23. The fraction of sp³-hybridized carbons (Fsp3) is 0.364. The molecule has 2 aromatic carbocycles. The maximum absolute atomic E-state index is 13.1. The highest BCUT2D eigenvalue weighted by Crippen LogP contribution is 2.34. The van der Waals surface area contributed by atoms with Crippen molar-refractivity contribution in [2.45, 2.75) is 31.1 Å². The Labute approximate surface area is 185 Å². The van der Waals surface area contributed by atoms with Crippen LogP contribution < -0.4 is 4.90 Å². The van der Waals surface area contributed by atoms with Crippen molar-refractivity contribution < 1.29 is 22.9 Å². The zero-order valence-corrected chi connectivity index (χ0v) is 18.4. The molecule has 2 aliphatic rings. The highest BCUT2D eigenvalue weighted by atomic mass is 32.2. The van der Waals surface area contributed by atoms with Gasteiger partial charge in [0.15, 0.2) is 5.78 Å². The van der Waals surface area contributed by atoms with E-state index in [0.29, 0.717) is 37.1 Å². The lowest BCUT2D eigenvalue weighted by Crippen LogP contribution is -2.44. The Morgan fingerprint density at radius 1 is 1.06 bits per heavy atom. The molecule has 2 aliphatic heterocycles. The second-order valence-corrected chi connectivity index (χ2v) is 10.0. The van der Waals surface area contributed by atoms with E-state index in [0.717, 1.165) is 5.56 Å². The molecule has 0 aliphatic carbocycles. The summed E-state index contributed by atoms with van der Waals surface area (Å²) in [5.74, 6) is -0.687. The number of carbonyl (C=O) groups is 2. The van der Waals surface area contributed by atoms with Crippen LogP contribution in [0.2, 0.25) is 0 Å². The van der Waals surface area contributed by atoms with Crippen LogP contribution in [0, 0.1) is 16.0 Å². The van der Waals surface area contributed by atoms with E-state index in [4.69, 9.17) is 0 Å². The third-order valence-corrected chi connectivity index (χ3v) is 8.02. The summed E-state index contributed by atoms with van der Waals surface area (Å²) in [4.78, 5) is 37.0. The number of nitrogens with zero attached hydrogens (tertiary/aromatic N) is 3. The standard InChI is InChI=1S/C22H23N3O6S/c1-15(26)18-3-2-4-20(13-18)32(30,31)23-10-7-17(8-11-23)22(27)24-12-9-16-5-6-19(25(28)29)14-21(16)24/h2-6,13-14,17H,7-12H2,1H3. The van der Waals surface area contributed by atoms with Crippen LogP contribution in [-0.4, -0.2) is 49.0 Å². The lowest BCUT2D eigenvalue weighted by Gasteiger charge is -2.32. The molecular formula is C22H23N3O6S. The van der Waals surface area contributed by atoms with Gasteiger partial charge in [-0.3, -0.25) is 19.7 Å². The van der Waals surface area contributed by atoms with Gasteiger partial charge in [0.25, 0.3) is 5.69 Å². The molecular weight excluding hydrogens is 434 g/mol. The van der Waals surface area contributed by atoms with Gasteiger partial charge in [-0.25, -0.2) is 8.42 Å². The second-order valence-electron chi connectivity index (χ2n) is 8.07. The summed E-state index contributed by atoms with van der Waals surface area (Å²) in [6, 6.07) is 10.5. The highest BCUT2D eigenvalue weighted by Gasteiger charge is 2.36. The van der Waals surface area contributed by atoms with Crippen LogP contribution in [0.5, 0.6) is 0 Å². The van der Waals surface area contributed by atoms with E-state index in [1.165, 1.54) is 35.5 Å². The quantitative estimate of drug-likeness (QED) is 0.387. The molecule has 2 heterocycles. The zero-order valence-electron chi connectivity index (χ0n) is 17.6. The number of anilines is 1. The predicted octanol–water partition coefficient (Wildman–Crippen LogP) is 2.79. The molecule has 4 rings (SSSR count). The molecule has 0 atom stereocenters. The fourth-order valence-electron chi connectivity index (χ4n) is 4.30. The van der Waals surface area contributed by atoms with Crippen molar-refractivity contribution in [3.63, 3.8) is 0 Å². The van der Waals surface area contributed by atoms with Crippen LogP contribution >= 0.6 is 0 Å². The topological polar surface area (TPSA) is 118 Å². The fourth-order valence-corrected chi connectivity index (χ4v) is 5.81. The Balaban J connectivity index is 1.46. The van der Waals surface area contributed by atoms with Crippen LogP contribution in [-0.2, 0) is 21.2 Å². The van der Waals surface area contributed by atoms with E-state index >= 15 is 0 Å². The molecule has 168 valence electrons. The van der Waals surface area contributed by atoms with Crippen LogP contribution in [0.15, 0.2) is 47.4 Å². The third kappa shape index (κ3) is 4.03. The number of Topliss-reactive ketones (excluding diaryl/α,β-unsaturated/α-hetero) is 1. The largest absolute Gasteiger partial charge is 0.311 e. The van der Waals surface area contributed by atoms with Crippen LogP contribution in [0.25, 0.3) is 0 Å². The van der Waals surface area contributed by atoms with E-state index < -0.39 is 14.9 Å². The number of amides is 1. The van der Waals surface area contributed by atoms with E-state index in [2.05, 4.69) is 0 Å². The molecule has 10 heteroatoms. The van der Waals surface area contributed by atoms with E-state index in [9.17, 15) is 28.1 Å². The van der Waals surface area contributed by atoms with Crippen LogP contribution in [0.1, 0.15) is 35.7 Å². The smallest absolute Gasteiger partial charge is 0.271 e. The number of rotatable bonds is 5. The summed E-state index contributed by atoms with van der Waals surface area (Å²) in [5, 5.41) is 11.1. The minimum absolute atomic E-state index is 0.0582. The average molecular weight is 458 g/mol. The molecule has 9 nitrogen and oxygen atoms in total. The summed E-state index contributed by atoms with van der Waals surface area (Å²) >= 11 is 0. The van der Waals surface area contributed by atoms with Gasteiger partial charge in [0.05, 0.1) is 15.5 Å². The summed E-state index contributed by atoms with van der Waals surface area (Å²) < 4.78 is 27.4. The van der Waals surface area contributed by atoms with E-state index in [1.54, 1.807) is 23.1 Å². The first-order valence-electron chi connectivity index (χ1n) is 10.4. The molecule has 0 radical (unpaired) electrons. The lowest BCUT2D eigenvalue weighted by molar-refractivity contribution is -0.384. The molecule has 1 fully saturated rings. The van der Waals surface area contributed by atoms with Crippen molar-refractivity contribution in [3.05, 3.63) is 63.7 Å². The lowest BCUT2D eigenvalue weighted by atomic mass is 9.96. The Kier molecular flexibility index (Phi) is 5.83. The van der Waals surface area contributed by atoms with Crippen molar-refractivity contribution in [2.75, 3.05) is 24.5 Å². The minimum Gasteiger partial charge on any atom is -0.311 e. The predicted molar refractivity (Wildman–Crippen MR) is 117 cm³/mol. The number of hydrogen-bond donors (Lipinski definition) is 0. The zero-order chi connectivity index (χ0) is 23.0. The summed E-state index contributed by atoms with van der Waals surface area (Å²) in [5.41, 5.74) is 1.74. The van der Waals surface area contributed by atoms with Gasteiger partial charge in [0.1, 0.15) is 0 Å². The Bertz CT molecular complexity index is 1200. The number of piperidine rings is 1. The minimum atomic E-state index is -3.77. The van der Waals surface area contributed by atoms with Crippen LogP contribution in [0.3, 0.4) is 0 Å². The van der Waals surface area contributed by atoms with Gasteiger partial charge in [-0.05, 0) is 43.9 Å². The number of hydrogen-bond acceptors (Lipinski definition) is 6. The molecule has 0 unspecified atom stereocenters. The summed E-state index contributed by atoms with van der Waals surface area (Å²) in [7, 11) is -3.77. The number of ketones is 1. The van der Waals surface area contributed by atoms with Gasteiger partial charge in [0.2, 0.25) is 15.9 Å². The number of fused-ring (bicyclic) bond motifs is 1. The third-order valence-electron chi connectivity index (χ3n) is 6.12. The van der Waals surface area contributed by atoms with Gasteiger partial charge < -0.3 is 4.90 Å². The normalized spacial score (nSPS) is 17.2. The Hall–Kier alpha value is -3.11. The first-order valence-corrected chi connectivity index (χ1v) is 11.8. The summed E-state index contributed by atoms with van der Waals surface area (Å²) in [6.07, 6.45) is 1.37. The molecule has 0 spiro atoms. The number of carbonyl (C=O) groups excluding carboxylic acids is 2. The van der Waals surface area contributed by atoms with Gasteiger partial charge >= 0.3 is 0 Å². The van der Waals surface area contributed by atoms with Crippen molar-refractivity contribution in [3.8, 4) is 0 Å². The number of nitro benzene ring substituents is 1. The Morgan fingerprint density at radius 2 is 1.78 bits per heavy atom. The van der Waals surface area contributed by atoms with Crippen molar-refractivity contribution >= 4 is 33.1 Å². The van der Waals surface area contributed by atoms with E-state index in [1.807, 2.05) is 0 Å². The van der Waals surface area contributed by atoms with Crippen LogP contribution in [0.4, 0.5) is 11.4 Å². The Morgan fingerprint density at radius 3 is 2.44 bits per heavy atom. The maximum Gasteiger partial charge on any atom is 0.271 e. The van der Waals surface area contributed by atoms with Gasteiger partial charge in [-0.2, -0.15) is 4.31 Å². The number of benzene rings is 2. The molecule has 0 aromatic heterocycles. The van der Waals surface area contributed by atoms with Crippen molar-refractivity contribution in [1.29, 1.82) is 0 Å². The number of nitro groups is 1. The number of sulfonamides is 1. The van der Waals surface area contributed by atoms with Gasteiger partial charge in [-0.15, -0.1) is 0 Å². The number of non-ortho nitro benzene ring substituents is 1. The van der Waals surface area contributed by atoms with E-state index in [-0.39, 0.29) is 41.3 Å². The molecule has 0 N–H and O–H groups in total. The first kappa shape index (κ1) is 22.1. The van der Waals surface area contributed by atoms with Gasteiger partial charge in [-0.1, -0.05) is 18.2 Å². The van der Waals surface area contributed by atoms with Crippen molar-refractivity contribution in [2.24, 2.45) is 5.92 Å².